The Hall–Kier alpha value is -2.07. The molecule has 1 heterocycles. The second-order valence-corrected chi connectivity index (χ2v) is 5.52. The van der Waals surface area contributed by atoms with Gasteiger partial charge >= 0.3 is 4.94 Å². The SMILES string of the molecule is Cc1cccc(C)c1-c1cc(O)cc2sc(=O)oc12. The molecule has 19 heavy (non-hydrogen) atoms. The van der Waals surface area contributed by atoms with Gasteiger partial charge < -0.3 is 9.52 Å². The van der Waals surface area contributed by atoms with Crippen LogP contribution in [0.1, 0.15) is 11.1 Å². The molecule has 3 nitrogen and oxygen atoms in total. The molecule has 0 atom stereocenters. The van der Waals surface area contributed by atoms with E-state index in [9.17, 15) is 9.90 Å². The second kappa shape index (κ2) is 4.24. The lowest BCUT2D eigenvalue weighted by atomic mass is 9.95. The van der Waals surface area contributed by atoms with Crippen LogP contribution in [0.2, 0.25) is 0 Å². The van der Waals surface area contributed by atoms with Crippen LogP contribution in [-0.4, -0.2) is 5.11 Å². The number of benzene rings is 2. The zero-order chi connectivity index (χ0) is 13.6. The van der Waals surface area contributed by atoms with Crippen molar-refractivity contribution in [2.24, 2.45) is 0 Å². The fourth-order valence-electron chi connectivity index (χ4n) is 2.39. The number of aromatic hydroxyl groups is 1. The third kappa shape index (κ3) is 1.94. The molecular formula is C15H12O3S. The number of rotatable bonds is 1. The van der Waals surface area contributed by atoms with E-state index in [-0.39, 0.29) is 10.7 Å². The van der Waals surface area contributed by atoms with E-state index >= 15 is 0 Å². The predicted octanol–water partition coefficient (Wildman–Crippen LogP) is 3.84. The van der Waals surface area contributed by atoms with Crippen LogP contribution in [0.15, 0.2) is 39.5 Å². The largest absolute Gasteiger partial charge is 0.508 e. The molecule has 0 aliphatic rings. The molecule has 0 aliphatic carbocycles. The average molecular weight is 272 g/mol. The highest BCUT2D eigenvalue weighted by Crippen LogP contribution is 2.36. The topological polar surface area (TPSA) is 50.4 Å². The summed E-state index contributed by atoms with van der Waals surface area (Å²) < 4.78 is 5.94. The van der Waals surface area contributed by atoms with Gasteiger partial charge in [-0.05, 0) is 36.6 Å². The van der Waals surface area contributed by atoms with Crippen LogP contribution in [0, 0.1) is 13.8 Å². The first kappa shape index (κ1) is 12.0. The monoisotopic (exact) mass is 272 g/mol. The summed E-state index contributed by atoms with van der Waals surface area (Å²) in [6.07, 6.45) is 0. The molecule has 0 aliphatic heterocycles. The van der Waals surface area contributed by atoms with Crippen LogP contribution in [-0.2, 0) is 0 Å². The summed E-state index contributed by atoms with van der Waals surface area (Å²) in [6, 6.07) is 9.19. The predicted molar refractivity (Wildman–Crippen MR) is 76.9 cm³/mol. The van der Waals surface area contributed by atoms with Gasteiger partial charge in [-0.15, -0.1) is 0 Å². The molecule has 3 aromatic rings. The van der Waals surface area contributed by atoms with Gasteiger partial charge in [0.25, 0.3) is 0 Å². The standard InChI is InChI=1S/C15H12O3S/c1-8-4-3-5-9(2)13(8)11-6-10(16)7-12-14(11)18-15(17)19-12/h3-7,16H,1-2H3. The minimum Gasteiger partial charge on any atom is -0.508 e. The van der Waals surface area contributed by atoms with Crippen molar-refractivity contribution in [2.75, 3.05) is 0 Å². The number of fused-ring (bicyclic) bond motifs is 1. The van der Waals surface area contributed by atoms with Gasteiger partial charge in [-0.3, -0.25) is 0 Å². The van der Waals surface area contributed by atoms with E-state index in [2.05, 4.69) is 0 Å². The Bertz CT molecular complexity index is 807. The van der Waals surface area contributed by atoms with Crippen molar-refractivity contribution in [1.29, 1.82) is 0 Å². The Morgan fingerprint density at radius 2 is 1.84 bits per heavy atom. The zero-order valence-corrected chi connectivity index (χ0v) is 11.4. The summed E-state index contributed by atoms with van der Waals surface area (Å²) in [4.78, 5) is 11.1. The molecule has 2 aromatic carbocycles. The van der Waals surface area contributed by atoms with Crippen molar-refractivity contribution in [3.8, 4) is 16.9 Å². The summed E-state index contributed by atoms with van der Waals surface area (Å²) in [5.74, 6) is 0.141. The van der Waals surface area contributed by atoms with Crippen molar-refractivity contribution in [1.82, 2.24) is 0 Å². The van der Waals surface area contributed by atoms with Crippen molar-refractivity contribution < 1.29 is 9.52 Å². The Balaban J connectivity index is 2.45. The number of aryl methyl sites for hydroxylation is 2. The summed E-state index contributed by atoms with van der Waals surface area (Å²) in [6.45, 7) is 4.01. The maximum Gasteiger partial charge on any atom is 0.396 e. The van der Waals surface area contributed by atoms with Gasteiger partial charge in [-0.2, -0.15) is 0 Å². The quantitative estimate of drug-likeness (QED) is 0.732. The first-order valence-electron chi connectivity index (χ1n) is 5.89. The van der Waals surface area contributed by atoms with Gasteiger partial charge in [0, 0.05) is 11.6 Å². The Morgan fingerprint density at radius 1 is 1.16 bits per heavy atom. The van der Waals surface area contributed by atoms with Gasteiger partial charge in [0.1, 0.15) is 5.75 Å². The normalized spacial score (nSPS) is 11.1. The summed E-state index contributed by atoms with van der Waals surface area (Å²) in [5.41, 5.74) is 4.49. The minimum atomic E-state index is -0.354. The van der Waals surface area contributed by atoms with E-state index in [1.54, 1.807) is 12.1 Å². The van der Waals surface area contributed by atoms with E-state index in [1.165, 1.54) is 0 Å². The smallest absolute Gasteiger partial charge is 0.396 e. The van der Waals surface area contributed by atoms with E-state index in [0.717, 1.165) is 33.6 Å². The van der Waals surface area contributed by atoms with Crippen molar-refractivity contribution >= 4 is 21.6 Å². The fraction of sp³-hybridized carbons (Fsp3) is 0.133. The van der Waals surface area contributed by atoms with E-state index in [1.807, 2.05) is 32.0 Å². The first-order chi connectivity index (χ1) is 9.06. The van der Waals surface area contributed by atoms with Gasteiger partial charge in [0.05, 0.1) is 4.70 Å². The first-order valence-corrected chi connectivity index (χ1v) is 6.71. The lowest BCUT2D eigenvalue weighted by molar-refractivity contribution is 0.476. The molecule has 0 unspecified atom stereocenters. The molecule has 0 amide bonds. The molecule has 0 fully saturated rings. The maximum atomic E-state index is 11.4. The number of phenolic OH excluding ortho intramolecular Hbond substituents is 1. The van der Waals surface area contributed by atoms with Crippen LogP contribution in [0.3, 0.4) is 0 Å². The summed E-state index contributed by atoms with van der Waals surface area (Å²) in [7, 11) is 0. The van der Waals surface area contributed by atoms with Crippen LogP contribution in [0.5, 0.6) is 5.75 Å². The molecule has 1 N–H and O–H groups in total. The molecular weight excluding hydrogens is 260 g/mol. The Labute approximate surface area is 113 Å². The highest BCUT2D eigenvalue weighted by atomic mass is 32.1. The lowest BCUT2D eigenvalue weighted by Crippen LogP contribution is -1.89. The van der Waals surface area contributed by atoms with Crippen LogP contribution in [0.4, 0.5) is 0 Å². The van der Waals surface area contributed by atoms with E-state index in [0.29, 0.717) is 10.3 Å². The Kier molecular flexibility index (Phi) is 2.68. The van der Waals surface area contributed by atoms with Crippen LogP contribution in [0.25, 0.3) is 21.4 Å². The van der Waals surface area contributed by atoms with Crippen LogP contribution < -0.4 is 4.94 Å². The molecule has 4 heteroatoms. The van der Waals surface area contributed by atoms with Gasteiger partial charge in [-0.25, -0.2) is 4.79 Å². The molecule has 1 aromatic heterocycles. The second-order valence-electron chi connectivity index (χ2n) is 4.54. The Morgan fingerprint density at radius 3 is 2.53 bits per heavy atom. The number of phenols is 1. The summed E-state index contributed by atoms with van der Waals surface area (Å²) >= 11 is 1.00. The molecule has 0 saturated carbocycles. The van der Waals surface area contributed by atoms with Gasteiger partial charge in [0.2, 0.25) is 0 Å². The highest BCUT2D eigenvalue weighted by molar-refractivity contribution is 7.16. The molecule has 0 spiro atoms. The van der Waals surface area contributed by atoms with E-state index < -0.39 is 0 Å². The minimum absolute atomic E-state index is 0.141. The average Bonchev–Trinajstić information content (AvgIpc) is 2.69. The number of hydrogen-bond acceptors (Lipinski definition) is 4. The maximum absolute atomic E-state index is 11.4. The molecule has 0 bridgehead atoms. The molecule has 0 saturated heterocycles. The van der Waals surface area contributed by atoms with Crippen LogP contribution >= 0.6 is 11.3 Å². The number of hydrogen-bond donors (Lipinski definition) is 1. The molecule has 96 valence electrons. The van der Waals surface area contributed by atoms with Crippen molar-refractivity contribution in [2.45, 2.75) is 13.8 Å². The zero-order valence-electron chi connectivity index (χ0n) is 10.6. The third-order valence-corrected chi connectivity index (χ3v) is 3.94. The van der Waals surface area contributed by atoms with Crippen molar-refractivity contribution in [3.05, 3.63) is 51.2 Å². The third-order valence-electron chi connectivity index (χ3n) is 3.17. The lowest BCUT2D eigenvalue weighted by Gasteiger charge is -2.10. The molecule has 0 radical (unpaired) electrons. The van der Waals surface area contributed by atoms with E-state index in [4.69, 9.17) is 4.42 Å². The summed E-state index contributed by atoms with van der Waals surface area (Å²) in [5, 5.41) is 9.83. The fourth-order valence-corrected chi connectivity index (χ4v) is 3.12. The van der Waals surface area contributed by atoms with Crippen molar-refractivity contribution in [3.63, 3.8) is 0 Å². The van der Waals surface area contributed by atoms with Gasteiger partial charge in [0.15, 0.2) is 5.58 Å². The molecule has 3 rings (SSSR count). The highest BCUT2D eigenvalue weighted by Gasteiger charge is 2.15. The van der Waals surface area contributed by atoms with Gasteiger partial charge in [-0.1, -0.05) is 29.5 Å².